The molecule has 0 aliphatic heterocycles. The highest BCUT2D eigenvalue weighted by atomic mass is 32.1. The van der Waals surface area contributed by atoms with Gasteiger partial charge in [-0.1, -0.05) is 17.7 Å². The molecule has 1 aromatic carbocycles. The fourth-order valence-electron chi connectivity index (χ4n) is 1.99. The Kier molecular flexibility index (Phi) is 6.13. The summed E-state index contributed by atoms with van der Waals surface area (Å²) in [5.41, 5.74) is 2.11. The van der Waals surface area contributed by atoms with Crippen molar-refractivity contribution in [1.29, 1.82) is 0 Å². The molecule has 0 radical (unpaired) electrons. The quantitative estimate of drug-likeness (QED) is 0.802. The van der Waals surface area contributed by atoms with Crippen LogP contribution >= 0.6 is 11.3 Å². The van der Waals surface area contributed by atoms with E-state index in [1.54, 1.807) is 23.6 Å². The van der Waals surface area contributed by atoms with Gasteiger partial charge in [-0.25, -0.2) is 9.59 Å². The van der Waals surface area contributed by atoms with E-state index in [4.69, 9.17) is 0 Å². The number of benzene rings is 1. The summed E-state index contributed by atoms with van der Waals surface area (Å²) in [6.07, 6.45) is 0. The molecule has 2 rings (SSSR count). The molecule has 0 unspecified atom stereocenters. The van der Waals surface area contributed by atoms with Gasteiger partial charge in [0.2, 0.25) is 5.91 Å². The minimum Gasteiger partial charge on any atom is -0.465 e. The predicted molar refractivity (Wildman–Crippen MR) is 97.1 cm³/mol. The number of nitrogens with zero attached hydrogens (tertiary/aromatic N) is 1. The van der Waals surface area contributed by atoms with E-state index in [-0.39, 0.29) is 12.5 Å². The third-order valence-corrected chi connectivity index (χ3v) is 4.23. The monoisotopic (exact) mass is 361 g/mol. The minimum absolute atomic E-state index is 0.128. The van der Waals surface area contributed by atoms with Gasteiger partial charge in [-0.3, -0.25) is 4.79 Å². The van der Waals surface area contributed by atoms with Crippen molar-refractivity contribution in [3.63, 3.8) is 0 Å². The van der Waals surface area contributed by atoms with Crippen molar-refractivity contribution in [2.24, 2.45) is 0 Å². The van der Waals surface area contributed by atoms with Crippen LogP contribution in [0.1, 0.15) is 15.2 Å². The van der Waals surface area contributed by atoms with E-state index in [1.165, 1.54) is 30.4 Å². The lowest BCUT2D eigenvalue weighted by molar-refractivity contribution is -0.116. The molecule has 0 spiro atoms. The second-order valence-corrected chi connectivity index (χ2v) is 6.27. The largest absolute Gasteiger partial charge is 0.465 e. The summed E-state index contributed by atoms with van der Waals surface area (Å²) < 4.78 is 4.66. The molecule has 2 aromatic rings. The van der Waals surface area contributed by atoms with Crippen LogP contribution in [0.3, 0.4) is 0 Å². The van der Waals surface area contributed by atoms with Gasteiger partial charge in [-0.2, -0.15) is 0 Å². The van der Waals surface area contributed by atoms with Crippen LogP contribution in [-0.4, -0.2) is 43.5 Å². The Morgan fingerprint density at radius 1 is 1.12 bits per heavy atom. The van der Waals surface area contributed by atoms with E-state index in [0.717, 1.165) is 5.56 Å². The number of hydrogen-bond donors (Lipinski definition) is 2. The maximum atomic E-state index is 12.2. The van der Waals surface area contributed by atoms with E-state index in [2.05, 4.69) is 15.4 Å². The first-order valence-corrected chi connectivity index (χ1v) is 8.33. The highest BCUT2D eigenvalue weighted by Gasteiger charge is 2.18. The van der Waals surface area contributed by atoms with Gasteiger partial charge in [-0.15, -0.1) is 11.3 Å². The molecule has 7 nitrogen and oxygen atoms in total. The van der Waals surface area contributed by atoms with Crippen LogP contribution in [0.25, 0.3) is 0 Å². The van der Waals surface area contributed by atoms with Crippen LogP contribution in [0.2, 0.25) is 0 Å². The Labute approximate surface area is 149 Å². The third-order valence-electron chi connectivity index (χ3n) is 3.34. The lowest BCUT2D eigenvalue weighted by Crippen LogP contribution is -2.37. The lowest BCUT2D eigenvalue weighted by Gasteiger charge is -2.17. The molecule has 1 aromatic heterocycles. The number of likely N-dealkylation sites (N-methyl/N-ethyl adjacent to an activating group) is 1. The second-order valence-electron chi connectivity index (χ2n) is 5.36. The molecule has 25 heavy (non-hydrogen) atoms. The summed E-state index contributed by atoms with van der Waals surface area (Å²) in [4.78, 5) is 37.4. The van der Waals surface area contributed by atoms with Crippen molar-refractivity contribution in [1.82, 2.24) is 4.90 Å². The molecule has 3 amide bonds. The number of anilines is 2. The molecule has 132 valence electrons. The van der Waals surface area contributed by atoms with E-state index < -0.39 is 12.0 Å². The predicted octanol–water partition coefficient (Wildman–Crippen LogP) is 2.95. The average Bonchev–Trinajstić information content (AvgIpc) is 3.04. The zero-order chi connectivity index (χ0) is 18.4. The third kappa shape index (κ3) is 5.05. The van der Waals surface area contributed by atoms with Crippen molar-refractivity contribution >= 4 is 40.6 Å². The SMILES string of the molecule is COC(=O)c1sccc1NC(=O)N(C)CC(=O)Nc1ccc(C)cc1. The Bertz CT molecular complexity index is 770. The summed E-state index contributed by atoms with van der Waals surface area (Å²) in [6.45, 7) is 1.83. The number of rotatable bonds is 5. The van der Waals surface area contributed by atoms with Crippen molar-refractivity contribution in [2.45, 2.75) is 6.92 Å². The maximum absolute atomic E-state index is 12.2. The van der Waals surface area contributed by atoms with Crippen molar-refractivity contribution in [3.8, 4) is 0 Å². The number of amides is 3. The van der Waals surface area contributed by atoms with Crippen LogP contribution in [-0.2, 0) is 9.53 Å². The smallest absolute Gasteiger partial charge is 0.350 e. The fraction of sp³-hybridized carbons (Fsp3) is 0.235. The summed E-state index contributed by atoms with van der Waals surface area (Å²) in [5.74, 6) is -0.843. The van der Waals surface area contributed by atoms with Gasteiger partial charge < -0.3 is 20.3 Å². The zero-order valence-electron chi connectivity index (χ0n) is 14.2. The number of thiophene rings is 1. The summed E-state index contributed by atoms with van der Waals surface area (Å²) in [5, 5.41) is 6.99. The van der Waals surface area contributed by atoms with Crippen molar-refractivity contribution < 1.29 is 19.1 Å². The average molecular weight is 361 g/mol. The number of carbonyl (C=O) groups is 3. The second kappa shape index (κ2) is 8.29. The molecule has 0 aliphatic rings. The Morgan fingerprint density at radius 3 is 2.44 bits per heavy atom. The standard InChI is InChI=1S/C17H19N3O4S/c1-11-4-6-12(7-5-11)18-14(21)10-20(2)17(23)19-13-8-9-25-15(13)16(22)24-3/h4-9H,10H2,1-3H3,(H,18,21)(H,19,23). The Hall–Kier alpha value is -2.87. The van der Waals surface area contributed by atoms with E-state index in [0.29, 0.717) is 16.3 Å². The molecule has 1 heterocycles. The minimum atomic E-state index is -0.523. The van der Waals surface area contributed by atoms with Gasteiger partial charge >= 0.3 is 12.0 Å². The lowest BCUT2D eigenvalue weighted by atomic mass is 10.2. The first kappa shape index (κ1) is 18.5. The van der Waals surface area contributed by atoms with Crippen LogP contribution in [0.5, 0.6) is 0 Å². The summed E-state index contributed by atoms with van der Waals surface area (Å²) in [6, 6.07) is 8.47. The summed E-state index contributed by atoms with van der Waals surface area (Å²) in [7, 11) is 2.77. The number of ether oxygens (including phenoxy) is 1. The highest BCUT2D eigenvalue weighted by molar-refractivity contribution is 7.12. The molecule has 8 heteroatoms. The molecular weight excluding hydrogens is 342 g/mol. The van der Waals surface area contributed by atoms with Crippen molar-refractivity contribution in [2.75, 3.05) is 31.3 Å². The van der Waals surface area contributed by atoms with E-state index in [1.807, 2.05) is 19.1 Å². The highest BCUT2D eigenvalue weighted by Crippen LogP contribution is 2.23. The number of esters is 1. The van der Waals surface area contributed by atoms with Gasteiger partial charge in [-0.05, 0) is 30.5 Å². The van der Waals surface area contributed by atoms with Gasteiger partial charge in [0.1, 0.15) is 11.4 Å². The maximum Gasteiger partial charge on any atom is 0.350 e. The topological polar surface area (TPSA) is 87.7 Å². The van der Waals surface area contributed by atoms with Crippen LogP contribution in [0.15, 0.2) is 35.7 Å². The van der Waals surface area contributed by atoms with Crippen LogP contribution < -0.4 is 10.6 Å². The first-order chi connectivity index (χ1) is 11.9. The molecular formula is C17H19N3O4S. The van der Waals surface area contributed by atoms with Crippen LogP contribution in [0, 0.1) is 6.92 Å². The molecule has 0 saturated carbocycles. The molecule has 0 aliphatic carbocycles. The van der Waals surface area contributed by atoms with Gasteiger partial charge in [0.05, 0.1) is 12.8 Å². The van der Waals surface area contributed by atoms with Gasteiger partial charge in [0.15, 0.2) is 0 Å². The summed E-state index contributed by atoms with van der Waals surface area (Å²) >= 11 is 1.17. The first-order valence-electron chi connectivity index (χ1n) is 7.45. The van der Waals surface area contributed by atoms with Gasteiger partial charge in [0, 0.05) is 12.7 Å². The number of urea groups is 1. The van der Waals surface area contributed by atoms with E-state index >= 15 is 0 Å². The molecule has 0 fully saturated rings. The molecule has 0 atom stereocenters. The normalized spacial score (nSPS) is 10.0. The van der Waals surface area contributed by atoms with Gasteiger partial charge in [0.25, 0.3) is 0 Å². The molecule has 0 saturated heterocycles. The number of carbonyl (C=O) groups excluding carboxylic acids is 3. The molecule has 0 bridgehead atoms. The number of hydrogen-bond acceptors (Lipinski definition) is 5. The molecule has 2 N–H and O–H groups in total. The number of methoxy groups -OCH3 is 1. The Morgan fingerprint density at radius 2 is 1.80 bits per heavy atom. The zero-order valence-corrected chi connectivity index (χ0v) is 15.0. The van der Waals surface area contributed by atoms with E-state index in [9.17, 15) is 14.4 Å². The number of nitrogens with one attached hydrogen (secondary N) is 2. The van der Waals surface area contributed by atoms with Crippen molar-refractivity contribution in [3.05, 3.63) is 46.2 Å². The number of aryl methyl sites for hydroxylation is 1. The Balaban J connectivity index is 1.91. The van der Waals surface area contributed by atoms with Crippen LogP contribution in [0.4, 0.5) is 16.2 Å². The fourth-order valence-corrected chi connectivity index (χ4v) is 2.76.